The van der Waals surface area contributed by atoms with Crippen LogP contribution < -0.4 is 27.1 Å². The van der Waals surface area contributed by atoms with E-state index in [1.807, 2.05) is 22.6 Å². The predicted molar refractivity (Wildman–Crippen MR) is 120 cm³/mol. The molecule has 0 atom stereocenters. The summed E-state index contributed by atoms with van der Waals surface area (Å²) in [5.41, 5.74) is 9.88. The van der Waals surface area contributed by atoms with Gasteiger partial charge in [0.2, 0.25) is 11.9 Å². The first kappa shape index (κ1) is 23.5. The van der Waals surface area contributed by atoms with Crippen LogP contribution in [0, 0.1) is 10.5 Å². The molecule has 0 saturated carbocycles. The van der Waals surface area contributed by atoms with Gasteiger partial charge < -0.3 is 26.2 Å². The van der Waals surface area contributed by atoms with E-state index in [-0.39, 0.29) is 36.2 Å². The van der Waals surface area contributed by atoms with Gasteiger partial charge in [-0.2, -0.15) is 0 Å². The van der Waals surface area contributed by atoms with Crippen molar-refractivity contribution in [2.45, 2.75) is 18.4 Å². The van der Waals surface area contributed by atoms with E-state index in [0.717, 1.165) is 3.57 Å². The maximum atomic E-state index is 12.7. The van der Waals surface area contributed by atoms with Gasteiger partial charge in [0.1, 0.15) is 18.8 Å². The zero-order valence-electron chi connectivity index (χ0n) is 16.0. The number of sulfonamides is 1. The molecule has 11 nitrogen and oxygen atoms in total. The number of rotatable bonds is 9. The Labute approximate surface area is 186 Å². The number of nitrogens with zero attached hydrogens (tertiary/aromatic N) is 2. The summed E-state index contributed by atoms with van der Waals surface area (Å²) in [5, 5.41) is 5.85. The van der Waals surface area contributed by atoms with Crippen LogP contribution in [0.15, 0.2) is 51.2 Å². The van der Waals surface area contributed by atoms with Crippen LogP contribution in [0.1, 0.15) is 5.69 Å². The van der Waals surface area contributed by atoms with Gasteiger partial charge in [0.05, 0.1) is 11.4 Å². The SMILES string of the molecule is Cc1ccc(NS(=O)(=O)c2cccc(I)c2)c(=O)n1CC(=O)NCCON=C(N)N. The number of oxime groups is 1. The Morgan fingerprint density at radius 2 is 2.00 bits per heavy atom. The molecule has 0 fully saturated rings. The number of hydrogen-bond acceptors (Lipinski definition) is 6. The summed E-state index contributed by atoms with van der Waals surface area (Å²) < 4.78 is 29.4. The third-order valence-corrected chi connectivity index (χ3v) is 5.76. The highest BCUT2D eigenvalue weighted by Crippen LogP contribution is 2.16. The van der Waals surface area contributed by atoms with Crippen LogP contribution >= 0.6 is 22.6 Å². The third-order valence-electron chi connectivity index (χ3n) is 3.73. The van der Waals surface area contributed by atoms with Crippen molar-refractivity contribution in [3.8, 4) is 0 Å². The molecule has 0 aliphatic carbocycles. The van der Waals surface area contributed by atoms with Gasteiger partial charge in [-0.05, 0) is 65.0 Å². The molecule has 0 aliphatic rings. The van der Waals surface area contributed by atoms with Crippen LogP contribution in [0.5, 0.6) is 0 Å². The fourth-order valence-electron chi connectivity index (χ4n) is 2.34. The Morgan fingerprint density at radius 1 is 1.27 bits per heavy atom. The molecular weight excluding hydrogens is 527 g/mol. The molecule has 2 aromatic rings. The van der Waals surface area contributed by atoms with Gasteiger partial charge in [0, 0.05) is 9.26 Å². The number of carbonyl (C=O) groups excluding carboxylic acids is 1. The number of aromatic nitrogens is 1. The van der Waals surface area contributed by atoms with Crippen molar-refractivity contribution in [3.63, 3.8) is 0 Å². The average Bonchev–Trinajstić information content (AvgIpc) is 2.67. The largest absolute Gasteiger partial charge is 0.391 e. The molecule has 0 spiro atoms. The number of benzene rings is 1. The number of nitrogens with one attached hydrogen (secondary N) is 2. The molecule has 2 rings (SSSR count). The Kier molecular flexibility index (Phi) is 8.05. The molecule has 162 valence electrons. The molecule has 0 saturated heterocycles. The zero-order chi connectivity index (χ0) is 22.3. The second-order valence-corrected chi connectivity index (χ2v) is 8.97. The lowest BCUT2D eigenvalue weighted by Gasteiger charge is -2.13. The third kappa shape index (κ3) is 6.62. The van der Waals surface area contributed by atoms with Crippen LogP contribution in [0.4, 0.5) is 5.69 Å². The van der Waals surface area contributed by atoms with Gasteiger partial charge in [-0.3, -0.25) is 14.3 Å². The van der Waals surface area contributed by atoms with Crippen LogP contribution in [-0.2, 0) is 26.2 Å². The van der Waals surface area contributed by atoms with Crippen molar-refractivity contribution in [1.29, 1.82) is 0 Å². The molecule has 1 heterocycles. The summed E-state index contributed by atoms with van der Waals surface area (Å²) in [6.45, 7) is 1.48. The fourth-order valence-corrected chi connectivity index (χ4v) is 4.20. The summed E-state index contributed by atoms with van der Waals surface area (Å²) in [7, 11) is -3.96. The molecule has 0 aliphatic heterocycles. The number of anilines is 1. The van der Waals surface area contributed by atoms with Crippen LogP contribution in [0.25, 0.3) is 0 Å². The Hall–Kier alpha value is -2.81. The molecule has 0 radical (unpaired) electrons. The summed E-state index contributed by atoms with van der Waals surface area (Å²) in [6.07, 6.45) is 0. The van der Waals surface area contributed by atoms with E-state index in [2.05, 4.69) is 15.2 Å². The Balaban J connectivity index is 2.12. The maximum absolute atomic E-state index is 12.7. The van der Waals surface area contributed by atoms with Crippen molar-refractivity contribution >= 4 is 50.2 Å². The number of nitrogens with two attached hydrogens (primary N) is 2. The summed E-state index contributed by atoms with van der Waals surface area (Å²) >= 11 is 1.99. The van der Waals surface area contributed by atoms with Gasteiger partial charge in [-0.25, -0.2) is 8.42 Å². The molecule has 0 unspecified atom stereocenters. The van der Waals surface area contributed by atoms with E-state index in [9.17, 15) is 18.0 Å². The standard InChI is InChI=1S/C17H21IN6O5S/c1-11-5-6-14(23-30(27,28)13-4-2-3-12(18)9-13)16(26)24(11)10-15(25)21-7-8-29-22-17(19)20/h2-6,9,23H,7-8,10H2,1H3,(H,21,25)(H4,19,20,22). The average molecular weight is 548 g/mol. The Morgan fingerprint density at radius 3 is 2.67 bits per heavy atom. The molecule has 0 bridgehead atoms. The number of amides is 1. The van der Waals surface area contributed by atoms with E-state index in [1.165, 1.54) is 22.8 Å². The highest BCUT2D eigenvalue weighted by molar-refractivity contribution is 14.1. The fraction of sp³-hybridized carbons (Fsp3) is 0.235. The van der Waals surface area contributed by atoms with E-state index < -0.39 is 21.5 Å². The monoisotopic (exact) mass is 548 g/mol. The van der Waals surface area contributed by atoms with Crippen molar-refractivity contribution in [2.24, 2.45) is 16.6 Å². The van der Waals surface area contributed by atoms with Crippen molar-refractivity contribution in [1.82, 2.24) is 9.88 Å². The van der Waals surface area contributed by atoms with Gasteiger partial charge >= 0.3 is 0 Å². The number of guanidine groups is 1. The summed E-state index contributed by atoms with van der Waals surface area (Å²) in [4.78, 5) is 29.6. The van der Waals surface area contributed by atoms with E-state index >= 15 is 0 Å². The molecule has 30 heavy (non-hydrogen) atoms. The highest BCUT2D eigenvalue weighted by Gasteiger charge is 2.18. The quantitative estimate of drug-likeness (QED) is 0.111. The van der Waals surface area contributed by atoms with Crippen molar-refractivity contribution in [3.05, 3.63) is 56.0 Å². The minimum atomic E-state index is -3.96. The topological polar surface area (TPSA) is 171 Å². The first-order valence-corrected chi connectivity index (χ1v) is 11.1. The first-order valence-electron chi connectivity index (χ1n) is 8.56. The molecule has 1 aromatic carbocycles. The first-order chi connectivity index (χ1) is 14.1. The molecule has 6 N–H and O–H groups in total. The van der Waals surface area contributed by atoms with Crippen molar-refractivity contribution in [2.75, 3.05) is 17.9 Å². The van der Waals surface area contributed by atoms with Gasteiger partial charge in [0.25, 0.3) is 15.6 Å². The second-order valence-electron chi connectivity index (χ2n) is 6.04. The molecule has 1 aromatic heterocycles. The minimum absolute atomic E-state index is 0.0273. The van der Waals surface area contributed by atoms with E-state index in [0.29, 0.717) is 5.69 Å². The highest BCUT2D eigenvalue weighted by atomic mass is 127. The van der Waals surface area contributed by atoms with Gasteiger partial charge in [0.15, 0.2) is 0 Å². The number of hydrogen-bond donors (Lipinski definition) is 4. The van der Waals surface area contributed by atoms with E-state index in [4.69, 9.17) is 16.3 Å². The summed E-state index contributed by atoms with van der Waals surface area (Å²) in [5.74, 6) is -0.709. The normalized spacial score (nSPS) is 10.9. The van der Waals surface area contributed by atoms with E-state index in [1.54, 1.807) is 25.1 Å². The number of halogens is 1. The number of carbonyl (C=O) groups is 1. The number of pyridine rings is 1. The van der Waals surface area contributed by atoms with Crippen LogP contribution in [0.2, 0.25) is 0 Å². The summed E-state index contributed by atoms with van der Waals surface area (Å²) in [6, 6.07) is 9.16. The maximum Gasteiger partial charge on any atom is 0.275 e. The minimum Gasteiger partial charge on any atom is -0.391 e. The van der Waals surface area contributed by atoms with Crippen LogP contribution in [0.3, 0.4) is 0 Å². The smallest absolute Gasteiger partial charge is 0.275 e. The lowest BCUT2D eigenvalue weighted by atomic mass is 10.3. The molecule has 1 amide bonds. The molecular formula is C17H21IN6O5S. The Bertz CT molecular complexity index is 1110. The molecule has 13 heteroatoms. The van der Waals surface area contributed by atoms with Crippen molar-refractivity contribution < 1.29 is 18.0 Å². The lowest BCUT2D eigenvalue weighted by molar-refractivity contribution is -0.122. The predicted octanol–water partition coefficient (Wildman–Crippen LogP) is -0.117. The zero-order valence-corrected chi connectivity index (χ0v) is 18.9. The van der Waals surface area contributed by atoms with Crippen LogP contribution in [-0.4, -0.2) is 38.0 Å². The van der Waals surface area contributed by atoms with Gasteiger partial charge in [-0.15, -0.1) is 0 Å². The number of aryl methyl sites for hydroxylation is 1. The van der Waals surface area contributed by atoms with Gasteiger partial charge in [-0.1, -0.05) is 6.07 Å². The lowest BCUT2D eigenvalue weighted by Crippen LogP contribution is -2.36. The second kappa shape index (κ2) is 10.3.